The van der Waals surface area contributed by atoms with Gasteiger partial charge in [0.1, 0.15) is 6.10 Å². The molecule has 1 amide bonds. The topological polar surface area (TPSA) is 139 Å². The highest BCUT2D eigenvalue weighted by Gasteiger charge is 2.38. The number of alkyl carbamates (subject to hydrolysis) is 1. The Balaban J connectivity index is 1.19. The smallest absolute Gasteiger partial charge is 0.407 e. The second kappa shape index (κ2) is 14.8. The zero-order valence-electron chi connectivity index (χ0n) is 27.2. The molecule has 47 heavy (non-hydrogen) atoms. The fourth-order valence-electron chi connectivity index (χ4n) is 6.21. The first-order chi connectivity index (χ1) is 22.5. The first-order valence-electron chi connectivity index (χ1n) is 16.6. The number of hydrogen-bond donors (Lipinski definition) is 3. The molecule has 3 aliphatic rings. The van der Waals surface area contributed by atoms with Gasteiger partial charge in [-0.15, -0.1) is 0 Å². The van der Waals surface area contributed by atoms with Crippen molar-refractivity contribution in [3.63, 3.8) is 0 Å². The number of nitrogens with one attached hydrogen (secondary N) is 2. The third kappa shape index (κ3) is 8.62. The van der Waals surface area contributed by atoms with Gasteiger partial charge in [-0.3, -0.25) is 0 Å². The minimum absolute atomic E-state index is 0.0105. The van der Waals surface area contributed by atoms with Crippen molar-refractivity contribution in [3.05, 3.63) is 54.1 Å². The summed E-state index contributed by atoms with van der Waals surface area (Å²) in [5.41, 5.74) is 1.62. The summed E-state index contributed by atoms with van der Waals surface area (Å²) in [5.74, 6) is 0.274. The molecule has 1 saturated carbocycles. The molecule has 2 bridgehead atoms. The van der Waals surface area contributed by atoms with Gasteiger partial charge in [-0.05, 0) is 61.8 Å². The van der Waals surface area contributed by atoms with E-state index in [4.69, 9.17) is 14.2 Å². The maximum Gasteiger partial charge on any atom is 0.407 e. The molecule has 3 N–H and O–H groups in total. The quantitative estimate of drug-likeness (QED) is 0.227. The number of thiazole rings is 1. The largest absolute Gasteiger partial charge is 0.443 e. The molecule has 0 radical (unpaired) electrons. The van der Waals surface area contributed by atoms with Crippen LogP contribution in [-0.4, -0.2) is 85.8 Å². The predicted molar refractivity (Wildman–Crippen MR) is 181 cm³/mol. The Bertz CT molecular complexity index is 1610. The van der Waals surface area contributed by atoms with Crippen LogP contribution < -0.4 is 10.6 Å². The second-order valence-corrected chi connectivity index (χ2v) is 16.6. The molecule has 1 aromatic heterocycles. The van der Waals surface area contributed by atoms with Gasteiger partial charge >= 0.3 is 6.09 Å². The molecular formula is C34H46N4O7S2. The summed E-state index contributed by atoms with van der Waals surface area (Å²) in [4.78, 5) is 18.1. The van der Waals surface area contributed by atoms with Gasteiger partial charge in [-0.1, -0.05) is 62.4 Å². The van der Waals surface area contributed by atoms with Crippen LogP contribution in [-0.2, 0) is 30.7 Å². The molecule has 3 heterocycles. The van der Waals surface area contributed by atoms with Crippen LogP contribution in [0.4, 0.5) is 9.93 Å². The number of carbonyl (C=O) groups excluding carboxylic acids is 1. The molecule has 11 nitrogen and oxygen atoms in total. The lowest BCUT2D eigenvalue weighted by molar-refractivity contribution is -0.158. The summed E-state index contributed by atoms with van der Waals surface area (Å²) in [6.07, 6.45) is 1.59. The maximum atomic E-state index is 14.1. The molecule has 6 atom stereocenters. The van der Waals surface area contributed by atoms with Crippen LogP contribution in [0.3, 0.4) is 0 Å². The van der Waals surface area contributed by atoms with Crippen LogP contribution in [0.1, 0.15) is 52.0 Å². The Morgan fingerprint density at radius 2 is 1.85 bits per heavy atom. The maximum absolute atomic E-state index is 14.1. The van der Waals surface area contributed by atoms with Gasteiger partial charge in [0, 0.05) is 31.0 Å². The van der Waals surface area contributed by atoms with Crippen LogP contribution in [0.5, 0.6) is 0 Å². The lowest BCUT2D eigenvalue weighted by Crippen LogP contribution is -2.52. The summed E-state index contributed by atoms with van der Waals surface area (Å²) in [5, 5.41) is 18.7. The van der Waals surface area contributed by atoms with E-state index in [0.29, 0.717) is 12.6 Å². The third-order valence-electron chi connectivity index (χ3n) is 9.07. The fourth-order valence-corrected chi connectivity index (χ4v) is 8.91. The van der Waals surface area contributed by atoms with Crippen molar-refractivity contribution in [2.75, 3.05) is 31.6 Å². The lowest BCUT2D eigenvalue weighted by Gasteiger charge is -2.31. The molecule has 3 fully saturated rings. The van der Waals surface area contributed by atoms with Crippen molar-refractivity contribution in [2.24, 2.45) is 17.8 Å². The van der Waals surface area contributed by atoms with Crippen LogP contribution in [0.15, 0.2) is 53.4 Å². The van der Waals surface area contributed by atoms with Crippen molar-refractivity contribution < 1.29 is 32.5 Å². The van der Waals surface area contributed by atoms with E-state index in [-0.39, 0.29) is 55.1 Å². The molecule has 6 rings (SSSR count). The summed E-state index contributed by atoms with van der Waals surface area (Å²) in [6.45, 7) is 6.64. The Hall–Kier alpha value is -2.81. The fraction of sp³-hybridized carbons (Fsp3) is 0.588. The highest BCUT2D eigenvalue weighted by atomic mass is 32.2. The van der Waals surface area contributed by atoms with Crippen LogP contribution >= 0.6 is 11.3 Å². The van der Waals surface area contributed by atoms with E-state index in [2.05, 4.69) is 22.5 Å². The molecule has 2 aromatic carbocycles. The first-order valence-corrected chi connectivity index (χ1v) is 18.9. The SMILES string of the molecule is CC(C)CN(C[C@@H](O)[C@H](Cc1ccccc1)NC(=O)OC1COC2OCC1CCC2C)S(=O)(=O)c1ccc2nc(NC3CC3)sc2c1. The normalized spacial score (nSPS) is 24.6. The first kappa shape index (κ1) is 34.1. The number of carbonyl (C=O) groups is 1. The van der Waals surface area contributed by atoms with Gasteiger partial charge < -0.3 is 30.0 Å². The van der Waals surface area contributed by atoms with E-state index in [1.165, 1.54) is 15.6 Å². The average Bonchev–Trinajstić information content (AvgIpc) is 3.82. The van der Waals surface area contributed by atoms with Gasteiger partial charge in [0.05, 0.1) is 40.5 Å². The van der Waals surface area contributed by atoms with Crippen molar-refractivity contribution in [1.82, 2.24) is 14.6 Å². The number of sulfonamides is 1. The molecule has 3 aromatic rings. The Labute approximate surface area is 281 Å². The second-order valence-electron chi connectivity index (χ2n) is 13.6. The number of aliphatic hydroxyl groups is 1. The van der Waals surface area contributed by atoms with Crippen LogP contribution in [0.25, 0.3) is 10.2 Å². The van der Waals surface area contributed by atoms with Crippen molar-refractivity contribution in [2.45, 2.75) is 88.4 Å². The van der Waals surface area contributed by atoms with Crippen molar-refractivity contribution in [1.29, 1.82) is 0 Å². The van der Waals surface area contributed by atoms with Gasteiger partial charge in [-0.2, -0.15) is 4.31 Å². The third-order valence-corrected chi connectivity index (χ3v) is 11.8. The molecule has 2 aliphatic heterocycles. The highest BCUT2D eigenvalue weighted by Crippen LogP contribution is 2.34. The Morgan fingerprint density at radius 1 is 1.09 bits per heavy atom. The van der Waals surface area contributed by atoms with E-state index in [1.807, 2.05) is 44.2 Å². The van der Waals surface area contributed by atoms with E-state index < -0.39 is 34.4 Å². The number of rotatable bonds is 13. The predicted octanol–water partition coefficient (Wildman–Crippen LogP) is 5.00. The molecular weight excluding hydrogens is 641 g/mol. The monoisotopic (exact) mass is 686 g/mol. The molecule has 1 aliphatic carbocycles. The number of fused-ring (bicyclic) bond motifs is 4. The number of benzene rings is 2. The number of hydrogen-bond acceptors (Lipinski definition) is 10. The summed E-state index contributed by atoms with van der Waals surface area (Å²) >= 11 is 1.44. The number of amides is 1. The van der Waals surface area contributed by atoms with Crippen molar-refractivity contribution in [3.8, 4) is 0 Å². The highest BCUT2D eigenvalue weighted by molar-refractivity contribution is 7.89. The number of aliphatic hydroxyl groups excluding tert-OH is 1. The van der Waals surface area contributed by atoms with E-state index in [0.717, 1.165) is 46.6 Å². The zero-order valence-corrected chi connectivity index (χ0v) is 28.8. The zero-order chi connectivity index (χ0) is 33.1. The van der Waals surface area contributed by atoms with E-state index >= 15 is 0 Å². The van der Waals surface area contributed by atoms with Gasteiger partial charge in [0.2, 0.25) is 10.0 Å². The lowest BCUT2D eigenvalue weighted by atomic mass is 9.93. The van der Waals surface area contributed by atoms with Crippen LogP contribution in [0.2, 0.25) is 0 Å². The van der Waals surface area contributed by atoms with E-state index in [1.54, 1.807) is 18.2 Å². The van der Waals surface area contributed by atoms with Gasteiger partial charge in [0.15, 0.2) is 11.4 Å². The molecule has 2 saturated heterocycles. The molecule has 4 unspecified atom stereocenters. The Kier molecular flexibility index (Phi) is 10.7. The minimum Gasteiger partial charge on any atom is -0.443 e. The molecule has 0 spiro atoms. The number of nitrogens with zero attached hydrogens (tertiary/aromatic N) is 2. The molecule has 256 valence electrons. The van der Waals surface area contributed by atoms with E-state index in [9.17, 15) is 18.3 Å². The molecule has 13 heteroatoms. The average molecular weight is 687 g/mol. The van der Waals surface area contributed by atoms with Crippen molar-refractivity contribution >= 4 is 42.8 Å². The summed E-state index contributed by atoms with van der Waals surface area (Å²) < 4.78 is 48.0. The minimum atomic E-state index is -4.00. The standard InChI is InChI=1S/C34H46N4O7S2/c1-21(2)17-38(47(41,42)26-13-14-27-31(16-26)46-33(36-27)35-25-11-12-25)18-29(39)28(15-23-7-5-4-6-8-23)37-34(40)45-30-20-44-32-22(3)9-10-24(30)19-43-32/h4-8,13-14,16,21-22,24-25,28-30,32,39H,9-12,15,17-20H2,1-3H3,(H,35,36)(H,37,40)/t22?,24?,28-,29+,30?,32?/m0/s1. The van der Waals surface area contributed by atoms with Gasteiger partial charge in [-0.25, -0.2) is 18.2 Å². The van der Waals surface area contributed by atoms with Gasteiger partial charge in [0.25, 0.3) is 0 Å². The number of anilines is 1. The number of ether oxygens (including phenoxy) is 3. The number of aromatic nitrogens is 1. The van der Waals surface area contributed by atoms with Crippen LogP contribution in [0, 0.1) is 17.8 Å². The summed E-state index contributed by atoms with van der Waals surface area (Å²) in [7, 11) is -4.00. The Morgan fingerprint density at radius 3 is 2.60 bits per heavy atom. The summed E-state index contributed by atoms with van der Waals surface area (Å²) in [6, 6.07) is 14.1.